The van der Waals surface area contributed by atoms with Gasteiger partial charge in [-0.25, -0.2) is 0 Å². The van der Waals surface area contributed by atoms with Crippen LogP contribution in [0.3, 0.4) is 0 Å². The molecule has 11 heteroatoms. The number of hydrogen-bond donors (Lipinski definition) is 1. The highest BCUT2D eigenvalue weighted by molar-refractivity contribution is 8.01. The molecule has 0 unspecified atom stereocenters. The number of hydrogen-bond acceptors (Lipinski definition) is 10. The summed E-state index contributed by atoms with van der Waals surface area (Å²) in [6.07, 6.45) is -0.506. The summed E-state index contributed by atoms with van der Waals surface area (Å²) in [4.78, 5) is 34.7. The monoisotopic (exact) mass is 830 g/mol. The van der Waals surface area contributed by atoms with Crippen molar-refractivity contribution in [3.8, 4) is 11.6 Å². The Hall–Kier alpha value is -4.52. The van der Waals surface area contributed by atoms with Gasteiger partial charge in [0.1, 0.15) is 29.3 Å². The highest BCUT2D eigenvalue weighted by Crippen LogP contribution is 2.68. The van der Waals surface area contributed by atoms with Crippen LogP contribution in [0.25, 0.3) is 0 Å². The van der Waals surface area contributed by atoms with E-state index in [0.29, 0.717) is 24.5 Å². The maximum atomic E-state index is 16.5. The molecular weight excluding hydrogens is 777 g/mol. The van der Waals surface area contributed by atoms with E-state index in [1.807, 2.05) is 122 Å². The lowest BCUT2D eigenvalue weighted by Gasteiger charge is -2.61. The van der Waals surface area contributed by atoms with Crippen LogP contribution >= 0.6 is 11.8 Å². The highest BCUT2D eigenvalue weighted by atomic mass is 32.2. The number of Topliss-reactive ketones (excluding diaryl/α,β-unsaturated/α-hetero) is 2. The summed E-state index contributed by atoms with van der Waals surface area (Å²) in [6, 6.07) is 37.5. The van der Waals surface area contributed by atoms with Crippen molar-refractivity contribution in [1.82, 2.24) is 10.1 Å². The van der Waals surface area contributed by atoms with Crippen LogP contribution < -0.4 is 9.47 Å². The van der Waals surface area contributed by atoms with Gasteiger partial charge in [-0.15, -0.1) is 11.8 Å². The first-order valence-electron chi connectivity index (χ1n) is 20.9. The minimum Gasteiger partial charge on any atom is -0.489 e. The van der Waals surface area contributed by atoms with Crippen LogP contribution in [0, 0.1) is 11.8 Å². The lowest BCUT2D eigenvalue weighted by atomic mass is 9.51. The maximum Gasteiger partial charge on any atom is 0.265 e. The van der Waals surface area contributed by atoms with E-state index >= 15 is 9.59 Å². The summed E-state index contributed by atoms with van der Waals surface area (Å²) in [7, 11) is 1.24. The topological polar surface area (TPSA) is 111 Å². The standard InChI is InChI=1S/C48H54N2O7SSi/c1-7-59(8-2,9-3)57-44-39-35(26-19-27-38(39)54-29-32-20-13-10-14-21-32)31(4)36-28-37-41(50(5)6)42-40(45(49-56-42)55-30-33-22-15-11-16-23-33)43(51)47(37,53)46(52)48(36,44)58-34-24-17-12-18-25-34/h10-27,31,36-37,41,44,53H,7-9,28-30H2,1-6H3/t31-,36-,37-,41-,44+,47+,48+/m0/s1. The number of benzene rings is 4. The van der Waals surface area contributed by atoms with E-state index in [-0.39, 0.29) is 29.9 Å². The summed E-state index contributed by atoms with van der Waals surface area (Å²) in [6.45, 7) is 9.17. The van der Waals surface area contributed by atoms with Gasteiger partial charge >= 0.3 is 0 Å². The molecular formula is C48H54N2O7SSi. The molecule has 4 aromatic carbocycles. The first-order chi connectivity index (χ1) is 28.5. The van der Waals surface area contributed by atoms with Crippen molar-refractivity contribution in [2.45, 2.75) is 98.8 Å². The Labute approximate surface area is 352 Å². The van der Waals surface area contributed by atoms with Crippen molar-refractivity contribution in [3.05, 3.63) is 143 Å². The molecule has 0 saturated heterocycles. The summed E-state index contributed by atoms with van der Waals surface area (Å²) >= 11 is 1.43. The maximum absolute atomic E-state index is 16.5. The SMILES string of the molecule is CC[Si](CC)(CC)O[C@@H]1c2c(OCc3ccccc3)cccc2[C@H](C)[C@@H]2C[C@H]3[C@H](N(C)C)c4onc(OCc5ccccc5)c4C(=O)[C@@]3(O)C(=O)[C@]12Sc1ccccc1. The van der Waals surface area contributed by atoms with Gasteiger partial charge in [0.25, 0.3) is 5.88 Å². The van der Waals surface area contributed by atoms with E-state index in [4.69, 9.17) is 18.4 Å². The predicted octanol–water partition coefficient (Wildman–Crippen LogP) is 9.98. The molecule has 1 heterocycles. The van der Waals surface area contributed by atoms with Crippen LogP contribution in [0.5, 0.6) is 11.6 Å². The number of nitrogens with zero attached hydrogens (tertiary/aromatic N) is 2. The molecule has 0 spiro atoms. The molecule has 0 amide bonds. The Balaban J connectivity index is 1.35. The molecule has 1 N–H and O–H groups in total. The van der Waals surface area contributed by atoms with Crippen molar-refractivity contribution in [1.29, 1.82) is 0 Å². The van der Waals surface area contributed by atoms with Crippen LogP contribution in [-0.4, -0.2) is 59.5 Å². The van der Waals surface area contributed by atoms with Gasteiger partial charge < -0.3 is 23.5 Å². The Kier molecular flexibility index (Phi) is 11.5. The minimum atomic E-state index is -2.53. The first-order valence-corrected chi connectivity index (χ1v) is 24.2. The molecule has 1 fully saturated rings. The number of aromatic nitrogens is 1. The van der Waals surface area contributed by atoms with Crippen molar-refractivity contribution in [3.63, 3.8) is 0 Å². The van der Waals surface area contributed by atoms with Crippen LogP contribution in [0.4, 0.5) is 0 Å². The average molecular weight is 831 g/mol. The molecule has 0 radical (unpaired) electrons. The quantitative estimate of drug-likeness (QED) is 0.0858. The number of rotatable bonds is 14. The smallest absolute Gasteiger partial charge is 0.265 e. The average Bonchev–Trinajstić information content (AvgIpc) is 3.69. The third-order valence-corrected chi connectivity index (χ3v) is 19.5. The van der Waals surface area contributed by atoms with Crippen molar-refractivity contribution >= 4 is 31.6 Å². The summed E-state index contributed by atoms with van der Waals surface area (Å²) in [5.74, 6) is -1.78. The number of ketones is 2. The highest BCUT2D eigenvalue weighted by Gasteiger charge is 2.74. The molecule has 5 aromatic rings. The molecule has 0 aliphatic heterocycles. The number of ether oxygens (including phenoxy) is 2. The zero-order chi connectivity index (χ0) is 41.5. The second kappa shape index (κ2) is 16.5. The van der Waals surface area contributed by atoms with Crippen molar-refractivity contribution in [2.24, 2.45) is 11.8 Å². The van der Waals surface area contributed by atoms with Gasteiger partial charge in [0.2, 0.25) is 5.78 Å². The lowest BCUT2D eigenvalue weighted by molar-refractivity contribution is -0.160. The molecule has 8 rings (SSSR count). The van der Waals surface area contributed by atoms with Crippen LogP contribution in [0.1, 0.15) is 90.6 Å². The van der Waals surface area contributed by atoms with Gasteiger partial charge in [-0.1, -0.05) is 119 Å². The van der Waals surface area contributed by atoms with Crippen molar-refractivity contribution < 1.29 is 33.1 Å². The Morgan fingerprint density at radius 3 is 2.00 bits per heavy atom. The molecule has 0 bridgehead atoms. The van der Waals surface area contributed by atoms with Gasteiger partial charge in [0.05, 0.1) is 12.1 Å². The van der Waals surface area contributed by atoms with Crippen LogP contribution in [0.15, 0.2) is 119 Å². The Morgan fingerprint density at radius 1 is 0.814 bits per heavy atom. The second-order valence-electron chi connectivity index (χ2n) is 16.6. The third kappa shape index (κ3) is 6.88. The number of fused-ring (bicyclic) bond motifs is 4. The first kappa shape index (κ1) is 41.2. The molecule has 1 saturated carbocycles. The van der Waals surface area contributed by atoms with E-state index < -0.39 is 48.3 Å². The summed E-state index contributed by atoms with van der Waals surface area (Å²) < 4.78 is 25.2. The van der Waals surface area contributed by atoms with Gasteiger partial charge in [0.15, 0.2) is 25.5 Å². The lowest BCUT2D eigenvalue weighted by Crippen LogP contribution is -2.72. The number of aliphatic hydroxyl groups is 1. The van der Waals surface area contributed by atoms with Crippen LogP contribution in [0.2, 0.25) is 18.1 Å². The number of thioether (sulfide) groups is 1. The van der Waals surface area contributed by atoms with Crippen molar-refractivity contribution in [2.75, 3.05) is 14.1 Å². The van der Waals surface area contributed by atoms with E-state index in [1.165, 1.54) is 11.8 Å². The normalized spacial score (nSPS) is 26.1. The fourth-order valence-electron chi connectivity index (χ4n) is 10.0. The molecule has 3 aliphatic carbocycles. The van der Waals surface area contributed by atoms with E-state index in [9.17, 15) is 5.11 Å². The van der Waals surface area contributed by atoms with Gasteiger partial charge in [0, 0.05) is 16.4 Å². The summed E-state index contributed by atoms with van der Waals surface area (Å²) in [5.41, 5.74) is 1.31. The molecule has 1 aromatic heterocycles. The summed E-state index contributed by atoms with van der Waals surface area (Å²) in [5, 5.41) is 17.8. The zero-order valence-corrected chi connectivity index (χ0v) is 36.5. The Bertz CT molecular complexity index is 2280. The third-order valence-electron chi connectivity index (χ3n) is 13.4. The van der Waals surface area contributed by atoms with Gasteiger partial charge in [-0.2, -0.15) is 0 Å². The molecule has 7 atom stereocenters. The van der Waals surface area contributed by atoms with Crippen LogP contribution in [-0.2, 0) is 22.4 Å². The van der Waals surface area contributed by atoms with Gasteiger partial charge in [-0.3, -0.25) is 14.5 Å². The van der Waals surface area contributed by atoms with Gasteiger partial charge in [-0.05, 0) is 90.5 Å². The molecule has 3 aliphatic rings. The molecule has 59 heavy (non-hydrogen) atoms. The Morgan fingerprint density at radius 2 is 1.41 bits per heavy atom. The minimum absolute atomic E-state index is 0.0121. The molecule has 9 nitrogen and oxygen atoms in total. The number of carbonyl (C=O) groups excluding carboxylic acids is 2. The predicted molar refractivity (Wildman–Crippen MR) is 231 cm³/mol. The fourth-order valence-corrected chi connectivity index (χ4v) is 14.6. The van der Waals surface area contributed by atoms with E-state index in [1.54, 1.807) is 0 Å². The van der Waals surface area contributed by atoms with E-state index in [0.717, 1.165) is 45.3 Å². The number of carbonyl (C=O) groups is 2. The van der Waals surface area contributed by atoms with E-state index in [2.05, 4.69) is 38.9 Å². The largest absolute Gasteiger partial charge is 0.489 e. The zero-order valence-electron chi connectivity index (χ0n) is 34.7. The fraction of sp³-hybridized carbons (Fsp3) is 0.396. The molecule has 308 valence electrons. The second-order valence-corrected chi connectivity index (χ2v) is 22.6.